The molecule has 2 N–H and O–H groups in total. The first-order valence-corrected chi connectivity index (χ1v) is 8.23. The minimum absolute atomic E-state index is 0.394. The van der Waals surface area contributed by atoms with Gasteiger partial charge in [0.05, 0.1) is 6.33 Å². The van der Waals surface area contributed by atoms with Gasteiger partial charge in [0.1, 0.15) is 5.52 Å². The Hall–Kier alpha value is -1.50. The van der Waals surface area contributed by atoms with E-state index in [1.807, 2.05) is 11.8 Å². The number of anilines is 2. The number of thioether (sulfide) groups is 1. The van der Waals surface area contributed by atoms with Crippen molar-refractivity contribution in [3.8, 4) is 0 Å². The molecule has 0 saturated heterocycles. The zero-order valence-electron chi connectivity index (χ0n) is 12.5. The number of hydrogen-bond donors (Lipinski definition) is 2. The normalized spacial score (nSPS) is 12.6. The van der Waals surface area contributed by atoms with Crippen LogP contribution in [0.3, 0.4) is 0 Å². The Bertz CT molecular complexity index is 555. The molecule has 6 nitrogen and oxygen atoms in total. The topological polar surface area (TPSA) is 69.7 Å². The van der Waals surface area contributed by atoms with Gasteiger partial charge in [-0.15, -0.1) is 0 Å². The number of imidazole rings is 1. The molecule has 0 radical (unpaired) electrons. The molecule has 20 heavy (non-hydrogen) atoms. The second kappa shape index (κ2) is 6.78. The Balaban J connectivity index is 2.36. The molecule has 0 amide bonds. The lowest BCUT2D eigenvalue weighted by molar-refractivity contribution is 0.755. The van der Waals surface area contributed by atoms with Gasteiger partial charge in [-0.2, -0.15) is 21.7 Å². The van der Waals surface area contributed by atoms with E-state index in [0.717, 1.165) is 30.1 Å². The van der Waals surface area contributed by atoms with Crippen LogP contribution >= 0.6 is 11.8 Å². The first-order chi connectivity index (χ1) is 9.67. The standard InChI is InChI=1S/C13H22N6S/c1-5-6-14-13-17-11-10(15-8-16-11)12(18-13)19(3)9(2)7-20-4/h8-9H,5-7H2,1-4H3,(H2,14,15,16,17,18). The molecular weight excluding hydrogens is 272 g/mol. The van der Waals surface area contributed by atoms with Crippen LogP contribution in [0.5, 0.6) is 0 Å². The Morgan fingerprint density at radius 3 is 2.95 bits per heavy atom. The van der Waals surface area contributed by atoms with E-state index in [1.54, 1.807) is 6.33 Å². The van der Waals surface area contributed by atoms with Crippen LogP contribution in [0.4, 0.5) is 11.8 Å². The van der Waals surface area contributed by atoms with E-state index in [2.05, 4.69) is 57.3 Å². The van der Waals surface area contributed by atoms with E-state index >= 15 is 0 Å². The summed E-state index contributed by atoms with van der Waals surface area (Å²) < 4.78 is 0. The summed E-state index contributed by atoms with van der Waals surface area (Å²) in [5, 5.41) is 3.23. The SMILES string of the molecule is CCCNc1nc(N(C)C(C)CSC)c2[nH]cnc2n1. The zero-order valence-corrected chi connectivity index (χ0v) is 13.3. The van der Waals surface area contributed by atoms with Crippen molar-refractivity contribution < 1.29 is 0 Å². The van der Waals surface area contributed by atoms with E-state index in [-0.39, 0.29) is 0 Å². The fourth-order valence-electron chi connectivity index (χ4n) is 1.95. The summed E-state index contributed by atoms with van der Waals surface area (Å²) in [6.45, 7) is 5.17. The van der Waals surface area contributed by atoms with Gasteiger partial charge in [0.25, 0.3) is 0 Å². The fourth-order valence-corrected chi connectivity index (χ4v) is 2.66. The van der Waals surface area contributed by atoms with E-state index in [4.69, 9.17) is 0 Å². The second-order valence-electron chi connectivity index (χ2n) is 4.81. The number of hydrogen-bond acceptors (Lipinski definition) is 6. The van der Waals surface area contributed by atoms with Crippen molar-refractivity contribution >= 4 is 34.7 Å². The maximum absolute atomic E-state index is 4.64. The lowest BCUT2D eigenvalue weighted by atomic mass is 10.3. The zero-order chi connectivity index (χ0) is 14.5. The van der Waals surface area contributed by atoms with Crippen LogP contribution in [0.25, 0.3) is 11.2 Å². The second-order valence-corrected chi connectivity index (χ2v) is 5.72. The van der Waals surface area contributed by atoms with Crippen LogP contribution in [0.2, 0.25) is 0 Å². The monoisotopic (exact) mass is 294 g/mol. The van der Waals surface area contributed by atoms with E-state index in [0.29, 0.717) is 17.6 Å². The third-order valence-electron chi connectivity index (χ3n) is 3.20. The Morgan fingerprint density at radius 2 is 2.25 bits per heavy atom. The fraction of sp³-hybridized carbons (Fsp3) is 0.615. The highest BCUT2D eigenvalue weighted by molar-refractivity contribution is 7.98. The molecule has 0 aromatic carbocycles. The van der Waals surface area contributed by atoms with Crippen molar-refractivity contribution in [2.24, 2.45) is 0 Å². The molecule has 110 valence electrons. The highest BCUT2D eigenvalue weighted by atomic mass is 32.2. The van der Waals surface area contributed by atoms with E-state index in [1.165, 1.54) is 0 Å². The highest BCUT2D eigenvalue weighted by Gasteiger charge is 2.17. The quantitative estimate of drug-likeness (QED) is 0.817. The molecule has 1 unspecified atom stereocenters. The van der Waals surface area contributed by atoms with Crippen LogP contribution in [0.1, 0.15) is 20.3 Å². The van der Waals surface area contributed by atoms with Gasteiger partial charge in [-0.25, -0.2) is 4.98 Å². The average molecular weight is 294 g/mol. The molecule has 0 aliphatic heterocycles. The molecule has 2 aromatic rings. The molecule has 0 aliphatic carbocycles. The van der Waals surface area contributed by atoms with Crippen molar-refractivity contribution in [1.82, 2.24) is 19.9 Å². The molecule has 2 heterocycles. The third kappa shape index (κ3) is 3.15. The predicted molar refractivity (Wildman–Crippen MR) is 86.7 cm³/mol. The smallest absolute Gasteiger partial charge is 0.226 e. The lowest BCUT2D eigenvalue weighted by Crippen LogP contribution is -2.32. The van der Waals surface area contributed by atoms with Gasteiger partial charge in [0.2, 0.25) is 5.95 Å². The summed E-state index contributed by atoms with van der Waals surface area (Å²) in [6.07, 6.45) is 4.82. The Labute approximate surface area is 123 Å². The molecule has 1 atom stereocenters. The van der Waals surface area contributed by atoms with E-state index < -0.39 is 0 Å². The predicted octanol–water partition coefficient (Wildman–Crippen LogP) is 2.36. The number of nitrogens with zero attached hydrogens (tertiary/aromatic N) is 4. The molecule has 0 fully saturated rings. The maximum atomic E-state index is 4.64. The molecule has 2 rings (SSSR count). The summed E-state index contributed by atoms with van der Waals surface area (Å²) in [5.41, 5.74) is 1.60. The lowest BCUT2D eigenvalue weighted by Gasteiger charge is -2.25. The van der Waals surface area contributed by atoms with Crippen LogP contribution in [-0.2, 0) is 0 Å². The van der Waals surface area contributed by atoms with Gasteiger partial charge >= 0.3 is 0 Å². The van der Waals surface area contributed by atoms with Crippen LogP contribution < -0.4 is 10.2 Å². The first kappa shape index (κ1) is 14.9. The summed E-state index contributed by atoms with van der Waals surface area (Å²) >= 11 is 1.83. The van der Waals surface area contributed by atoms with Gasteiger partial charge in [0, 0.05) is 25.4 Å². The molecule has 7 heteroatoms. The minimum atomic E-state index is 0.394. The number of aromatic amines is 1. The first-order valence-electron chi connectivity index (χ1n) is 6.84. The van der Waals surface area contributed by atoms with Gasteiger partial charge in [-0.1, -0.05) is 6.92 Å². The molecule has 2 aromatic heterocycles. The Kier molecular flexibility index (Phi) is 5.05. The maximum Gasteiger partial charge on any atom is 0.226 e. The summed E-state index contributed by atoms with van der Waals surface area (Å²) in [4.78, 5) is 18.6. The van der Waals surface area contributed by atoms with Crippen molar-refractivity contribution in [1.29, 1.82) is 0 Å². The molecule has 0 spiro atoms. The number of aromatic nitrogens is 4. The Morgan fingerprint density at radius 1 is 1.45 bits per heavy atom. The largest absolute Gasteiger partial charge is 0.354 e. The van der Waals surface area contributed by atoms with Crippen LogP contribution in [-0.4, -0.2) is 51.6 Å². The van der Waals surface area contributed by atoms with Gasteiger partial charge in [0.15, 0.2) is 11.5 Å². The number of nitrogens with one attached hydrogen (secondary N) is 2. The minimum Gasteiger partial charge on any atom is -0.354 e. The molecule has 0 aliphatic rings. The van der Waals surface area contributed by atoms with Gasteiger partial charge in [-0.3, -0.25) is 0 Å². The van der Waals surface area contributed by atoms with Gasteiger partial charge in [-0.05, 0) is 19.6 Å². The van der Waals surface area contributed by atoms with Crippen molar-refractivity contribution in [2.75, 3.05) is 35.8 Å². The number of H-pyrrole nitrogens is 1. The summed E-state index contributed by atoms with van der Waals surface area (Å²) in [6, 6.07) is 0.394. The van der Waals surface area contributed by atoms with Crippen molar-refractivity contribution in [3.63, 3.8) is 0 Å². The molecular formula is C13H22N6S. The van der Waals surface area contributed by atoms with Gasteiger partial charge < -0.3 is 15.2 Å². The highest BCUT2D eigenvalue weighted by Crippen LogP contribution is 2.23. The van der Waals surface area contributed by atoms with Crippen LogP contribution in [0.15, 0.2) is 6.33 Å². The van der Waals surface area contributed by atoms with Crippen LogP contribution in [0, 0.1) is 0 Å². The third-order valence-corrected chi connectivity index (χ3v) is 4.02. The average Bonchev–Trinajstić information content (AvgIpc) is 2.91. The van der Waals surface area contributed by atoms with Crippen molar-refractivity contribution in [3.05, 3.63) is 6.33 Å². The molecule has 0 saturated carbocycles. The number of rotatable bonds is 7. The number of fused-ring (bicyclic) bond motifs is 1. The molecule has 0 bridgehead atoms. The summed E-state index contributed by atoms with van der Waals surface area (Å²) in [5.74, 6) is 2.59. The summed E-state index contributed by atoms with van der Waals surface area (Å²) in [7, 11) is 2.06. The van der Waals surface area contributed by atoms with Crippen molar-refractivity contribution in [2.45, 2.75) is 26.3 Å². The van der Waals surface area contributed by atoms with E-state index in [9.17, 15) is 0 Å².